The van der Waals surface area contributed by atoms with Crippen molar-refractivity contribution >= 4 is 40.8 Å². The van der Waals surface area contributed by atoms with Crippen molar-refractivity contribution in [3.05, 3.63) is 76.3 Å². The number of carbonyl (C=O) groups excluding carboxylic acids is 2. The third kappa shape index (κ3) is 6.91. The molecule has 3 N–H and O–H groups in total. The Morgan fingerprint density at radius 1 is 1.00 bits per heavy atom. The monoisotopic (exact) mass is 626 g/mol. The maximum atomic E-state index is 14.2. The molecule has 3 aromatic rings. The van der Waals surface area contributed by atoms with Crippen LogP contribution >= 0.6 is 11.6 Å². The van der Waals surface area contributed by atoms with E-state index in [1.165, 1.54) is 44.4 Å². The van der Waals surface area contributed by atoms with Crippen LogP contribution in [0.1, 0.15) is 47.9 Å². The number of aliphatic hydroxyl groups is 1. The summed E-state index contributed by atoms with van der Waals surface area (Å²) in [7, 11) is 4.38. The fourth-order valence-corrected chi connectivity index (χ4v) is 5.19. The minimum absolute atomic E-state index is 0.0576. The van der Waals surface area contributed by atoms with Gasteiger partial charge in [0, 0.05) is 40.4 Å². The van der Waals surface area contributed by atoms with E-state index in [9.17, 15) is 24.6 Å². The molecule has 0 aromatic heterocycles. The van der Waals surface area contributed by atoms with E-state index in [4.69, 9.17) is 30.5 Å². The van der Waals surface area contributed by atoms with Gasteiger partial charge in [-0.15, -0.1) is 0 Å². The zero-order chi connectivity index (χ0) is 32.2. The number of halogens is 1. The highest BCUT2D eigenvalue weighted by molar-refractivity contribution is 6.30. The van der Waals surface area contributed by atoms with Crippen molar-refractivity contribution in [1.82, 2.24) is 0 Å². The average Bonchev–Trinajstić information content (AvgIpc) is 3.10. The van der Waals surface area contributed by atoms with Crippen molar-refractivity contribution < 1.29 is 43.5 Å². The van der Waals surface area contributed by atoms with Gasteiger partial charge in [-0.1, -0.05) is 37.6 Å². The van der Waals surface area contributed by atoms with Gasteiger partial charge >= 0.3 is 5.97 Å². The van der Waals surface area contributed by atoms with E-state index in [1.54, 1.807) is 36.4 Å². The summed E-state index contributed by atoms with van der Waals surface area (Å²) in [5, 5.41) is 22.6. The van der Waals surface area contributed by atoms with Crippen LogP contribution in [0.4, 0.5) is 11.4 Å². The van der Waals surface area contributed by atoms with E-state index in [1.807, 2.05) is 13.8 Å². The highest BCUT2D eigenvalue weighted by Crippen LogP contribution is 2.45. The number of anilines is 2. The number of carboxylic acid groups (broad SMARTS) is 1. The maximum absolute atomic E-state index is 14.2. The smallest absolute Gasteiger partial charge is 0.335 e. The second kappa shape index (κ2) is 13.5. The Hall–Kier alpha value is -4.32. The summed E-state index contributed by atoms with van der Waals surface area (Å²) in [5.41, 5.74) is 0.931. The van der Waals surface area contributed by atoms with E-state index in [0.717, 1.165) is 0 Å². The molecule has 2 atom stereocenters. The lowest BCUT2D eigenvalue weighted by Crippen LogP contribution is -2.46. The van der Waals surface area contributed by atoms with Crippen LogP contribution in [0.5, 0.6) is 17.2 Å². The number of para-hydroxylation sites is 1. The molecule has 0 bridgehead atoms. The molecular weight excluding hydrogens is 592 g/mol. The molecule has 0 saturated carbocycles. The maximum Gasteiger partial charge on any atom is 0.335 e. The molecule has 1 aliphatic heterocycles. The van der Waals surface area contributed by atoms with Crippen LogP contribution in [0.25, 0.3) is 0 Å². The van der Waals surface area contributed by atoms with Gasteiger partial charge in [-0.05, 0) is 42.5 Å². The molecule has 11 nitrogen and oxygen atoms in total. The molecule has 0 saturated heterocycles. The second-order valence-corrected chi connectivity index (χ2v) is 11.4. The van der Waals surface area contributed by atoms with Gasteiger partial charge in [0.25, 0.3) is 5.91 Å². The largest absolute Gasteiger partial charge is 0.495 e. The number of carbonyl (C=O) groups is 3. The number of carboxylic acids is 1. The summed E-state index contributed by atoms with van der Waals surface area (Å²) in [5.74, 6) is -1.26. The van der Waals surface area contributed by atoms with Crippen molar-refractivity contribution in [2.24, 2.45) is 5.41 Å². The van der Waals surface area contributed by atoms with Gasteiger partial charge in [-0.25, -0.2) is 4.79 Å². The van der Waals surface area contributed by atoms with Crippen molar-refractivity contribution in [1.29, 1.82) is 0 Å². The first-order valence-electron chi connectivity index (χ1n) is 13.7. The molecule has 12 heteroatoms. The fourth-order valence-electron chi connectivity index (χ4n) is 5.01. The number of nitrogens with zero attached hydrogens (tertiary/aromatic N) is 1. The standard InChI is InChI=1S/C32H35ClN2O9/c1-32(2,17-36)16-35-23-11-10-19(33)14-21(23)28(20-7-6-8-25(42-4)29(20)43-5)44-26(30(35)38)15-27(37)34-22-13-18(31(39)40)9-12-24(22)41-3/h6-14,26,28,36H,15-17H2,1-5H3,(H,34,37)(H,39,40)/t26-,28-/m1/s1. The quantitative estimate of drug-likeness (QED) is 0.270. The number of aromatic carboxylic acids is 1. The van der Waals surface area contributed by atoms with Crippen molar-refractivity contribution in [2.45, 2.75) is 32.5 Å². The molecular formula is C32H35ClN2O9. The predicted molar refractivity (Wildman–Crippen MR) is 164 cm³/mol. The fraction of sp³-hybridized carbons (Fsp3) is 0.344. The van der Waals surface area contributed by atoms with Crippen LogP contribution in [0, 0.1) is 5.41 Å². The highest BCUT2D eigenvalue weighted by atomic mass is 35.5. The second-order valence-electron chi connectivity index (χ2n) is 11.0. The lowest BCUT2D eigenvalue weighted by atomic mass is 9.92. The molecule has 234 valence electrons. The van der Waals surface area contributed by atoms with E-state index >= 15 is 0 Å². The lowest BCUT2D eigenvalue weighted by molar-refractivity contribution is -0.136. The molecule has 3 aromatic carbocycles. The Labute approximate surface area is 260 Å². The summed E-state index contributed by atoms with van der Waals surface area (Å²) in [6.07, 6.45) is -2.67. The lowest BCUT2D eigenvalue weighted by Gasteiger charge is -2.32. The number of hydrogen-bond donors (Lipinski definition) is 3. The number of nitrogens with one attached hydrogen (secondary N) is 1. The van der Waals surface area contributed by atoms with Crippen LogP contribution in [-0.2, 0) is 14.3 Å². The van der Waals surface area contributed by atoms with Crippen molar-refractivity contribution in [3.8, 4) is 17.2 Å². The number of ether oxygens (including phenoxy) is 4. The first-order chi connectivity index (χ1) is 20.9. The molecule has 0 spiro atoms. The van der Waals surface area contributed by atoms with Crippen molar-refractivity contribution in [3.63, 3.8) is 0 Å². The molecule has 2 amide bonds. The molecule has 44 heavy (non-hydrogen) atoms. The van der Waals surface area contributed by atoms with E-state index in [0.29, 0.717) is 33.3 Å². The van der Waals surface area contributed by atoms with E-state index in [2.05, 4.69) is 5.32 Å². The zero-order valence-corrected chi connectivity index (χ0v) is 25.8. The normalized spacial score (nSPS) is 16.5. The Morgan fingerprint density at radius 3 is 2.36 bits per heavy atom. The van der Waals surface area contributed by atoms with Gasteiger partial charge in [0.15, 0.2) is 11.5 Å². The SMILES string of the molecule is COc1ccc(C(=O)O)cc1NC(=O)C[C@H]1O[C@H](c2cccc(OC)c2OC)c2cc(Cl)ccc2N(CC(C)(C)CO)C1=O. The Kier molecular flexibility index (Phi) is 10.0. The first kappa shape index (κ1) is 32.6. The topological polar surface area (TPSA) is 144 Å². The molecule has 0 unspecified atom stereocenters. The third-order valence-corrected chi connectivity index (χ3v) is 7.46. The van der Waals surface area contributed by atoms with Gasteiger partial charge in [0.05, 0.1) is 39.0 Å². The number of benzene rings is 3. The average molecular weight is 627 g/mol. The highest BCUT2D eigenvalue weighted by Gasteiger charge is 2.40. The van der Waals surface area contributed by atoms with Crippen molar-refractivity contribution in [2.75, 3.05) is 44.7 Å². The van der Waals surface area contributed by atoms with Gasteiger partial charge in [-0.2, -0.15) is 0 Å². The molecule has 0 aliphatic carbocycles. The zero-order valence-electron chi connectivity index (χ0n) is 25.0. The predicted octanol–water partition coefficient (Wildman–Crippen LogP) is 4.93. The number of amides is 2. The Morgan fingerprint density at radius 2 is 1.73 bits per heavy atom. The van der Waals surface area contributed by atoms with E-state index in [-0.39, 0.29) is 30.2 Å². The molecule has 0 radical (unpaired) electrons. The first-order valence-corrected chi connectivity index (χ1v) is 14.1. The van der Waals surface area contributed by atoms with Gasteiger partial charge in [0.2, 0.25) is 5.91 Å². The summed E-state index contributed by atoms with van der Waals surface area (Å²) in [6.45, 7) is 3.52. The van der Waals surface area contributed by atoms with Gasteiger partial charge in [-0.3, -0.25) is 9.59 Å². The number of aliphatic hydroxyl groups excluding tert-OH is 1. The van der Waals surface area contributed by atoms with Crippen LogP contribution in [-0.4, -0.2) is 68.6 Å². The minimum Gasteiger partial charge on any atom is -0.495 e. The molecule has 1 heterocycles. The summed E-state index contributed by atoms with van der Waals surface area (Å²) < 4.78 is 23.0. The summed E-state index contributed by atoms with van der Waals surface area (Å²) >= 11 is 6.46. The number of methoxy groups -OCH3 is 3. The van der Waals surface area contributed by atoms with Crippen LogP contribution in [0.15, 0.2) is 54.6 Å². The Bertz CT molecular complexity index is 1560. The summed E-state index contributed by atoms with van der Waals surface area (Å²) in [6, 6.07) is 14.4. The third-order valence-electron chi connectivity index (χ3n) is 7.23. The number of hydrogen-bond acceptors (Lipinski definition) is 8. The Balaban J connectivity index is 1.82. The van der Waals surface area contributed by atoms with Crippen LogP contribution in [0.2, 0.25) is 5.02 Å². The molecule has 4 rings (SSSR count). The van der Waals surface area contributed by atoms with Gasteiger partial charge < -0.3 is 39.4 Å². The molecule has 1 aliphatic rings. The number of rotatable bonds is 11. The van der Waals surface area contributed by atoms with Crippen LogP contribution < -0.4 is 24.4 Å². The van der Waals surface area contributed by atoms with Gasteiger partial charge in [0.1, 0.15) is 18.0 Å². The van der Waals surface area contributed by atoms with E-state index < -0.39 is 41.8 Å². The minimum atomic E-state index is -1.31. The summed E-state index contributed by atoms with van der Waals surface area (Å²) in [4.78, 5) is 40.7. The van der Waals surface area contributed by atoms with Crippen LogP contribution in [0.3, 0.4) is 0 Å². The molecule has 0 fully saturated rings. The number of fused-ring (bicyclic) bond motifs is 1.